The van der Waals surface area contributed by atoms with Crippen molar-refractivity contribution in [3.63, 3.8) is 0 Å². The second kappa shape index (κ2) is 8.88. The van der Waals surface area contributed by atoms with E-state index in [2.05, 4.69) is 9.30 Å². The molecular formula is C19H22N2O6. The van der Waals surface area contributed by atoms with Crippen molar-refractivity contribution in [3.05, 3.63) is 53.2 Å². The number of methoxy groups -OCH3 is 1. The maximum atomic E-state index is 11.9. The average molecular weight is 374 g/mol. The average Bonchev–Trinajstić information content (AvgIpc) is 3.23. The van der Waals surface area contributed by atoms with Gasteiger partial charge in [0, 0.05) is 17.5 Å². The molecule has 0 spiro atoms. The van der Waals surface area contributed by atoms with Gasteiger partial charge in [-0.15, -0.1) is 0 Å². The zero-order valence-electron chi connectivity index (χ0n) is 15.6. The molecule has 8 heteroatoms. The van der Waals surface area contributed by atoms with Crippen molar-refractivity contribution in [1.29, 1.82) is 0 Å². The first kappa shape index (κ1) is 20.0. The van der Waals surface area contributed by atoms with Crippen molar-refractivity contribution in [3.8, 4) is 0 Å². The number of imide groups is 1. The first-order valence-electron chi connectivity index (χ1n) is 8.28. The van der Waals surface area contributed by atoms with Gasteiger partial charge in [0.2, 0.25) is 0 Å². The van der Waals surface area contributed by atoms with Gasteiger partial charge < -0.3 is 18.5 Å². The van der Waals surface area contributed by atoms with Crippen LogP contribution in [0.5, 0.6) is 0 Å². The number of nitrogens with zero attached hydrogens (tertiary/aromatic N) is 1. The summed E-state index contributed by atoms with van der Waals surface area (Å²) in [5.41, 5.74) is 2.83. The SMILES string of the molecule is COC(=O)NC(=O)[C@@H](C)OC(=O)/C=C/c1cc(C)n(Cc2ccco2)c1C. The van der Waals surface area contributed by atoms with Gasteiger partial charge in [0.25, 0.3) is 5.91 Å². The van der Waals surface area contributed by atoms with E-state index in [0.717, 1.165) is 29.8 Å². The normalized spacial score (nSPS) is 12.0. The Morgan fingerprint density at radius 1 is 1.33 bits per heavy atom. The first-order valence-corrected chi connectivity index (χ1v) is 8.28. The van der Waals surface area contributed by atoms with E-state index in [9.17, 15) is 14.4 Å². The number of alkyl carbamates (subject to hydrolysis) is 1. The fourth-order valence-corrected chi connectivity index (χ4v) is 2.48. The van der Waals surface area contributed by atoms with Crippen LogP contribution in [0.2, 0.25) is 0 Å². The maximum absolute atomic E-state index is 11.9. The highest BCUT2D eigenvalue weighted by molar-refractivity contribution is 5.96. The van der Waals surface area contributed by atoms with Gasteiger partial charge in [0.1, 0.15) is 5.76 Å². The highest BCUT2D eigenvalue weighted by Gasteiger charge is 2.19. The summed E-state index contributed by atoms with van der Waals surface area (Å²) in [6.07, 6.45) is 2.43. The smallest absolute Gasteiger partial charge is 0.413 e. The Labute approximate surface area is 156 Å². The fraction of sp³-hybridized carbons (Fsp3) is 0.316. The Hall–Kier alpha value is -3.29. The topological polar surface area (TPSA) is 99.8 Å². The zero-order valence-corrected chi connectivity index (χ0v) is 15.6. The molecule has 27 heavy (non-hydrogen) atoms. The van der Waals surface area contributed by atoms with E-state index in [4.69, 9.17) is 9.15 Å². The fourth-order valence-electron chi connectivity index (χ4n) is 2.48. The molecule has 0 saturated heterocycles. The largest absolute Gasteiger partial charge is 0.467 e. The van der Waals surface area contributed by atoms with Crippen LogP contribution in [0.15, 0.2) is 35.0 Å². The van der Waals surface area contributed by atoms with Gasteiger partial charge >= 0.3 is 12.1 Å². The zero-order chi connectivity index (χ0) is 20.0. The third-order valence-corrected chi connectivity index (χ3v) is 3.98. The standard InChI is InChI=1S/C19H22N2O6/c1-12-10-15(13(2)21(12)11-16-6-5-9-26-16)7-8-17(22)27-14(3)18(23)20-19(24)25-4/h5-10,14H,11H2,1-4H3,(H,20,23,24)/b8-7+/t14-/m1/s1. The summed E-state index contributed by atoms with van der Waals surface area (Å²) < 4.78 is 16.7. The number of carbonyl (C=O) groups is 3. The molecular weight excluding hydrogens is 352 g/mol. The molecule has 0 saturated carbocycles. The van der Waals surface area contributed by atoms with Gasteiger partial charge in [-0.1, -0.05) is 0 Å². The Kier molecular flexibility index (Phi) is 6.59. The summed E-state index contributed by atoms with van der Waals surface area (Å²) >= 11 is 0. The number of carbonyl (C=O) groups excluding carboxylic acids is 3. The highest BCUT2D eigenvalue weighted by Crippen LogP contribution is 2.18. The number of hydrogen-bond donors (Lipinski definition) is 1. The lowest BCUT2D eigenvalue weighted by Crippen LogP contribution is -2.39. The van der Waals surface area contributed by atoms with Gasteiger partial charge in [0.05, 0.1) is 19.9 Å². The molecule has 0 aliphatic rings. The molecule has 0 aliphatic carbocycles. The van der Waals surface area contributed by atoms with Gasteiger partial charge in [-0.25, -0.2) is 9.59 Å². The van der Waals surface area contributed by atoms with E-state index >= 15 is 0 Å². The quantitative estimate of drug-likeness (QED) is 0.616. The van der Waals surface area contributed by atoms with Crippen LogP contribution < -0.4 is 5.32 Å². The van der Waals surface area contributed by atoms with Crippen LogP contribution >= 0.6 is 0 Å². The second-order valence-electron chi connectivity index (χ2n) is 5.89. The molecule has 2 heterocycles. The number of aryl methyl sites for hydroxylation is 1. The maximum Gasteiger partial charge on any atom is 0.413 e. The number of aromatic nitrogens is 1. The number of nitrogens with one attached hydrogen (secondary N) is 1. The Bertz CT molecular complexity index is 848. The van der Waals surface area contributed by atoms with Crippen molar-refractivity contribution in [2.24, 2.45) is 0 Å². The van der Waals surface area contributed by atoms with Gasteiger partial charge in [-0.05, 0) is 50.6 Å². The van der Waals surface area contributed by atoms with Gasteiger partial charge in [0.15, 0.2) is 6.10 Å². The van der Waals surface area contributed by atoms with Crippen LogP contribution in [0.1, 0.15) is 29.6 Å². The van der Waals surface area contributed by atoms with Gasteiger partial charge in [-0.3, -0.25) is 10.1 Å². The first-order chi connectivity index (χ1) is 12.8. The van der Waals surface area contributed by atoms with Crippen LogP contribution in [-0.2, 0) is 25.6 Å². The highest BCUT2D eigenvalue weighted by atomic mass is 16.6. The minimum absolute atomic E-state index is 0.591. The number of rotatable bonds is 6. The molecule has 2 amide bonds. The number of ether oxygens (including phenoxy) is 2. The third kappa shape index (κ3) is 5.34. The van der Waals surface area contributed by atoms with Crippen LogP contribution in [0.4, 0.5) is 4.79 Å². The Morgan fingerprint density at radius 2 is 2.07 bits per heavy atom. The molecule has 0 aromatic carbocycles. The van der Waals surface area contributed by atoms with Crippen LogP contribution in [0.25, 0.3) is 6.08 Å². The van der Waals surface area contributed by atoms with E-state index in [1.54, 1.807) is 12.3 Å². The van der Waals surface area contributed by atoms with E-state index < -0.39 is 24.1 Å². The van der Waals surface area contributed by atoms with Crippen LogP contribution in [0.3, 0.4) is 0 Å². The summed E-state index contributed by atoms with van der Waals surface area (Å²) in [7, 11) is 1.13. The minimum Gasteiger partial charge on any atom is -0.467 e. The molecule has 2 aromatic rings. The molecule has 2 aromatic heterocycles. The van der Waals surface area contributed by atoms with Crippen molar-refractivity contribution < 1.29 is 28.3 Å². The Balaban J connectivity index is 2.00. The molecule has 1 N–H and O–H groups in total. The van der Waals surface area contributed by atoms with E-state index in [1.165, 1.54) is 13.0 Å². The Morgan fingerprint density at radius 3 is 2.70 bits per heavy atom. The van der Waals surface area contributed by atoms with Crippen molar-refractivity contribution in [1.82, 2.24) is 9.88 Å². The van der Waals surface area contributed by atoms with Gasteiger partial charge in [-0.2, -0.15) is 0 Å². The number of esters is 1. The monoisotopic (exact) mass is 374 g/mol. The molecule has 144 valence electrons. The molecule has 0 radical (unpaired) electrons. The molecule has 0 fully saturated rings. The summed E-state index contributed by atoms with van der Waals surface area (Å²) in [6, 6.07) is 5.67. The predicted molar refractivity (Wildman–Crippen MR) is 96.9 cm³/mol. The van der Waals surface area contributed by atoms with Crippen LogP contribution in [0, 0.1) is 13.8 Å². The van der Waals surface area contributed by atoms with Crippen molar-refractivity contribution >= 4 is 24.0 Å². The predicted octanol–water partition coefficient (Wildman–Crippen LogP) is 2.57. The molecule has 8 nitrogen and oxygen atoms in total. The number of amides is 2. The lowest BCUT2D eigenvalue weighted by Gasteiger charge is -2.10. The third-order valence-electron chi connectivity index (χ3n) is 3.98. The lowest BCUT2D eigenvalue weighted by molar-refractivity contribution is -0.149. The summed E-state index contributed by atoms with van der Waals surface area (Å²) in [5, 5.41) is 1.94. The van der Waals surface area contributed by atoms with E-state index in [0.29, 0.717) is 6.54 Å². The summed E-state index contributed by atoms with van der Waals surface area (Å²) in [5.74, 6) is -0.629. The molecule has 1 atom stereocenters. The van der Waals surface area contributed by atoms with E-state index in [-0.39, 0.29) is 0 Å². The van der Waals surface area contributed by atoms with Crippen molar-refractivity contribution in [2.45, 2.75) is 33.4 Å². The molecule has 2 rings (SSSR count). The molecule has 0 aliphatic heterocycles. The minimum atomic E-state index is -1.13. The summed E-state index contributed by atoms with van der Waals surface area (Å²) in [4.78, 5) is 34.6. The second-order valence-corrected chi connectivity index (χ2v) is 5.89. The van der Waals surface area contributed by atoms with Crippen LogP contribution in [-0.4, -0.2) is 35.8 Å². The number of furan rings is 1. The molecule has 0 unspecified atom stereocenters. The molecule has 0 bridgehead atoms. The van der Waals surface area contributed by atoms with E-state index in [1.807, 2.05) is 37.4 Å². The number of hydrogen-bond acceptors (Lipinski definition) is 6. The summed E-state index contributed by atoms with van der Waals surface area (Å²) in [6.45, 7) is 5.85. The van der Waals surface area contributed by atoms with Crippen molar-refractivity contribution in [2.75, 3.05) is 7.11 Å². The lowest BCUT2D eigenvalue weighted by atomic mass is 10.2.